The van der Waals surface area contributed by atoms with E-state index in [1.165, 1.54) is 11.8 Å². The van der Waals surface area contributed by atoms with E-state index in [0.717, 1.165) is 28.5 Å². The number of carboxylic acids is 1. The number of rotatable bonds is 18. The predicted octanol–water partition coefficient (Wildman–Crippen LogP) is 1.70. The van der Waals surface area contributed by atoms with Gasteiger partial charge in [-0.15, -0.1) is 0 Å². The third-order valence-electron chi connectivity index (χ3n) is 7.18. The summed E-state index contributed by atoms with van der Waals surface area (Å²) in [7, 11) is 0. The molecule has 3 amide bonds. The first-order chi connectivity index (χ1) is 20.7. The number of carbonyl (C=O) groups is 4. The summed E-state index contributed by atoms with van der Waals surface area (Å²) in [4.78, 5) is 55.3. The first kappa shape index (κ1) is 33.6. The van der Waals surface area contributed by atoms with Crippen LogP contribution in [0.25, 0.3) is 10.9 Å². The number of benzene rings is 2. The molecule has 0 radical (unpaired) electrons. The molecule has 2 aromatic carbocycles. The fourth-order valence-corrected chi connectivity index (χ4v) is 5.22. The number of aromatic amines is 1. The summed E-state index contributed by atoms with van der Waals surface area (Å²) >= 11 is 1.49. The zero-order valence-corrected chi connectivity index (χ0v) is 25.2. The van der Waals surface area contributed by atoms with Crippen LogP contribution in [0, 0.1) is 0 Å². The van der Waals surface area contributed by atoms with Gasteiger partial charge in [-0.05, 0) is 55.0 Å². The Morgan fingerprint density at radius 3 is 2.19 bits per heavy atom. The van der Waals surface area contributed by atoms with Crippen molar-refractivity contribution in [2.24, 2.45) is 11.5 Å². The molecular formula is C31H42N6O5S. The Balaban J connectivity index is 1.79. The Morgan fingerprint density at radius 2 is 1.49 bits per heavy atom. The molecule has 3 rings (SSSR count). The van der Waals surface area contributed by atoms with Gasteiger partial charge < -0.3 is 37.5 Å². The Bertz CT molecular complexity index is 1350. The van der Waals surface area contributed by atoms with Crippen LogP contribution in [-0.2, 0) is 32.0 Å². The topological polar surface area (TPSA) is 192 Å². The van der Waals surface area contributed by atoms with Crippen molar-refractivity contribution < 1.29 is 24.3 Å². The number of para-hydroxylation sites is 1. The van der Waals surface area contributed by atoms with Gasteiger partial charge in [-0.2, -0.15) is 11.8 Å². The molecule has 9 N–H and O–H groups in total. The van der Waals surface area contributed by atoms with Crippen molar-refractivity contribution in [3.63, 3.8) is 0 Å². The average Bonchev–Trinajstić information content (AvgIpc) is 3.41. The highest BCUT2D eigenvalue weighted by atomic mass is 32.2. The van der Waals surface area contributed by atoms with Gasteiger partial charge in [0.1, 0.15) is 18.1 Å². The molecule has 0 fully saturated rings. The number of hydrogen-bond acceptors (Lipinski definition) is 7. The lowest BCUT2D eigenvalue weighted by atomic mass is 10.0. The normalized spacial score (nSPS) is 13.9. The van der Waals surface area contributed by atoms with Crippen LogP contribution in [0.1, 0.15) is 36.8 Å². The van der Waals surface area contributed by atoms with Gasteiger partial charge in [0, 0.05) is 29.9 Å². The zero-order chi connectivity index (χ0) is 31.2. The van der Waals surface area contributed by atoms with E-state index in [2.05, 4.69) is 20.9 Å². The van der Waals surface area contributed by atoms with E-state index in [0.29, 0.717) is 25.1 Å². The molecule has 232 valence electrons. The van der Waals surface area contributed by atoms with Crippen molar-refractivity contribution in [3.05, 3.63) is 71.9 Å². The van der Waals surface area contributed by atoms with Crippen LogP contribution in [-0.4, -0.2) is 76.5 Å². The molecule has 12 heteroatoms. The molecule has 1 heterocycles. The van der Waals surface area contributed by atoms with E-state index in [1.54, 1.807) is 30.5 Å². The molecule has 3 aromatic rings. The number of fused-ring (bicyclic) bond motifs is 1. The number of carbonyl (C=O) groups excluding carboxylic acids is 3. The lowest BCUT2D eigenvalue weighted by Crippen LogP contribution is -2.58. The second-order valence-electron chi connectivity index (χ2n) is 10.4. The molecule has 0 bridgehead atoms. The highest BCUT2D eigenvalue weighted by Crippen LogP contribution is 2.19. The molecule has 4 atom stereocenters. The monoisotopic (exact) mass is 610 g/mol. The summed E-state index contributed by atoms with van der Waals surface area (Å²) in [5.74, 6) is -2.29. The van der Waals surface area contributed by atoms with Gasteiger partial charge in [-0.3, -0.25) is 14.4 Å². The number of H-pyrrole nitrogens is 1. The van der Waals surface area contributed by atoms with Gasteiger partial charge in [0.05, 0.1) is 6.04 Å². The van der Waals surface area contributed by atoms with Crippen LogP contribution in [0.2, 0.25) is 0 Å². The summed E-state index contributed by atoms with van der Waals surface area (Å²) in [6.45, 7) is 0.494. The zero-order valence-electron chi connectivity index (χ0n) is 24.4. The summed E-state index contributed by atoms with van der Waals surface area (Å²) in [6, 6.07) is 12.5. The van der Waals surface area contributed by atoms with Crippen molar-refractivity contribution in [2.45, 2.75) is 62.7 Å². The third kappa shape index (κ3) is 10.4. The van der Waals surface area contributed by atoms with E-state index in [4.69, 9.17) is 11.5 Å². The SMILES string of the molecule is CSCCC(NC(=O)C(Cc1c[nH]c2ccccc12)NC(=O)C(N)CCCCN)C(=O)NC(Cc1ccccc1)C(=O)O. The predicted molar refractivity (Wildman–Crippen MR) is 169 cm³/mol. The Morgan fingerprint density at radius 1 is 0.837 bits per heavy atom. The molecular weight excluding hydrogens is 568 g/mol. The molecule has 0 spiro atoms. The minimum Gasteiger partial charge on any atom is -0.480 e. The Kier molecular flexibility index (Phi) is 13.5. The highest BCUT2D eigenvalue weighted by molar-refractivity contribution is 7.98. The van der Waals surface area contributed by atoms with E-state index < -0.39 is 47.9 Å². The van der Waals surface area contributed by atoms with E-state index in [-0.39, 0.29) is 19.3 Å². The third-order valence-corrected chi connectivity index (χ3v) is 7.82. The van der Waals surface area contributed by atoms with E-state index in [1.807, 2.05) is 36.6 Å². The largest absolute Gasteiger partial charge is 0.480 e. The maximum Gasteiger partial charge on any atom is 0.326 e. The minimum atomic E-state index is -1.18. The molecule has 0 saturated carbocycles. The van der Waals surface area contributed by atoms with Crippen molar-refractivity contribution in [2.75, 3.05) is 18.6 Å². The quantitative estimate of drug-likeness (QED) is 0.106. The van der Waals surface area contributed by atoms with E-state index >= 15 is 0 Å². The minimum absolute atomic E-state index is 0.0897. The number of nitrogens with two attached hydrogens (primary N) is 2. The number of nitrogens with one attached hydrogen (secondary N) is 4. The molecule has 1 aromatic heterocycles. The van der Waals surface area contributed by atoms with Crippen LogP contribution >= 0.6 is 11.8 Å². The molecule has 11 nitrogen and oxygen atoms in total. The smallest absolute Gasteiger partial charge is 0.326 e. The first-order valence-corrected chi connectivity index (χ1v) is 15.8. The number of unbranched alkanes of at least 4 members (excludes halogenated alkanes) is 1. The summed E-state index contributed by atoms with van der Waals surface area (Å²) in [5.41, 5.74) is 14.1. The highest BCUT2D eigenvalue weighted by Gasteiger charge is 2.31. The first-order valence-electron chi connectivity index (χ1n) is 14.4. The summed E-state index contributed by atoms with van der Waals surface area (Å²) in [5, 5.41) is 18.9. The summed E-state index contributed by atoms with van der Waals surface area (Å²) < 4.78 is 0. The van der Waals surface area contributed by atoms with Crippen LogP contribution in [0.15, 0.2) is 60.8 Å². The fourth-order valence-electron chi connectivity index (χ4n) is 4.75. The second-order valence-corrected chi connectivity index (χ2v) is 11.4. The van der Waals surface area contributed by atoms with Crippen LogP contribution in [0.5, 0.6) is 0 Å². The molecule has 0 aliphatic rings. The number of carboxylic acid groups (broad SMARTS) is 1. The fraction of sp³-hybridized carbons (Fsp3) is 0.419. The van der Waals surface area contributed by atoms with Crippen molar-refractivity contribution in [3.8, 4) is 0 Å². The van der Waals surface area contributed by atoms with Gasteiger partial charge in [0.15, 0.2) is 0 Å². The molecule has 0 aliphatic heterocycles. The van der Waals surface area contributed by atoms with Gasteiger partial charge in [0.25, 0.3) is 0 Å². The maximum atomic E-state index is 13.7. The molecule has 0 aliphatic carbocycles. The van der Waals surface area contributed by atoms with Crippen molar-refractivity contribution in [1.29, 1.82) is 0 Å². The van der Waals surface area contributed by atoms with Gasteiger partial charge in [-0.1, -0.05) is 55.0 Å². The summed E-state index contributed by atoms with van der Waals surface area (Å²) in [6.07, 6.45) is 5.99. The van der Waals surface area contributed by atoms with Crippen molar-refractivity contribution >= 4 is 46.4 Å². The van der Waals surface area contributed by atoms with Crippen LogP contribution < -0.4 is 27.4 Å². The van der Waals surface area contributed by atoms with Gasteiger partial charge >= 0.3 is 5.97 Å². The second kappa shape index (κ2) is 17.3. The number of amides is 3. The van der Waals surface area contributed by atoms with Gasteiger partial charge in [0.2, 0.25) is 17.7 Å². The Labute approximate surface area is 255 Å². The lowest BCUT2D eigenvalue weighted by molar-refractivity contribution is -0.142. The molecule has 43 heavy (non-hydrogen) atoms. The number of hydrogen-bond donors (Lipinski definition) is 7. The Hall–Kier alpha value is -3.87. The number of thioether (sulfide) groups is 1. The van der Waals surface area contributed by atoms with E-state index in [9.17, 15) is 24.3 Å². The number of aliphatic carboxylic acids is 1. The number of aromatic nitrogens is 1. The van der Waals surface area contributed by atoms with Crippen LogP contribution in [0.3, 0.4) is 0 Å². The van der Waals surface area contributed by atoms with Crippen molar-refractivity contribution in [1.82, 2.24) is 20.9 Å². The maximum absolute atomic E-state index is 13.7. The lowest BCUT2D eigenvalue weighted by Gasteiger charge is -2.25. The molecule has 4 unspecified atom stereocenters. The molecule has 0 saturated heterocycles. The average molecular weight is 611 g/mol. The van der Waals surface area contributed by atoms with Gasteiger partial charge in [-0.25, -0.2) is 4.79 Å². The standard InChI is InChI=1S/C31H42N6O5S/c1-43-16-14-25(29(39)37-27(31(41)42)17-20-9-3-2-4-10-20)35-30(40)26(36-28(38)23(33)12-7-8-15-32)18-21-19-34-24-13-6-5-11-22(21)24/h2-6,9-11,13,19,23,25-27,34H,7-8,12,14-18,32-33H2,1H3,(H,35,40)(H,36,38)(H,37,39)(H,41,42). The van der Waals surface area contributed by atoms with Crippen LogP contribution in [0.4, 0.5) is 0 Å².